The SMILES string of the molecule is CCOc1c(Cl)cc(Cl)cc1CCC(=O)OC. The number of aryl methyl sites for hydroxylation is 1. The molecule has 0 bridgehead atoms. The zero-order valence-corrected chi connectivity index (χ0v) is 11.3. The molecule has 0 saturated carbocycles. The van der Waals surface area contributed by atoms with E-state index in [1.807, 2.05) is 6.92 Å². The first kappa shape index (κ1) is 14.1. The average molecular weight is 277 g/mol. The van der Waals surface area contributed by atoms with E-state index in [2.05, 4.69) is 4.74 Å². The topological polar surface area (TPSA) is 35.5 Å². The van der Waals surface area contributed by atoms with Gasteiger partial charge in [-0.25, -0.2) is 0 Å². The van der Waals surface area contributed by atoms with Crippen molar-refractivity contribution in [3.63, 3.8) is 0 Å². The molecule has 0 radical (unpaired) electrons. The highest BCUT2D eigenvalue weighted by Gasteiger charge is 2.12. The monoisotopic (exact) mass is 276 g/mol. The van der Waals surface area contributed by atoms with Crippen molar-refractivity contribution in [3.8, 4) is 5.75 Å². The van der Waals surface area contributed by atoms with Crippen LogP contribution in [0.5, 0.6) is 5.75 Å². The van der Waals surface area contributed by atoms with Crippen LogP contribution >= 0.6 is 23.2 Å². The van der Waals surface area contributed by atoms with Gasteiger partial charge in [0, 0.05) is 11.4 Å². The third kappa shape index (κ3) is 4.10. The molecular formula is C12H14Cl2O3. The lowest BCUT2D eigenvalue weighted by Gasteiger charge is -2.12. The van der Waals surface area contributed by atoms with Crippen molar-refractivity contribution in [2.45, 2.75) is 19.8 Å². The second-order valence-electron chi connectivity index (χ2n) is 3.39. The third-order valence-electron chi connectivity index (χ3n) is 2.20. The molecular weight excluding hydrogens is 263 g/mol. The maximum atomic E-state index is 11.1. The van der Waals surface area contributed by atoms with E-state index in [0.29, 0.717) is 28.8 Å². The van der Waals surface area contributed by atoms with Crippen LogP contribution in [0, 0.1) is 0 Å². The molecule has 94 valence electrons. The molecule has 0 fully saturated rings. The van der Waals surface area contributed by atoms with Gasteiger partial charge in [0.05, 0.1) is 18.7 Å². The summed E-state index contributed by atoms with van der Waals surface area (Å²) in [6.45, 7) is 2.38. The van der Waals surface area contributed by atoms with Crippen LogP contribution in [0.4, 0.5) is 0 Å². The minimum atomic E-state index is -0.274. The molecule has 1 aromatic rings. The summed E-state index contributed by atoms with van der Waals surface area (Å²) < 4.78 is 10.0. The maximum absolute atomic E-state index is 11.1. The molecule has 5 heteroatoms. The van der Waals surface area contributed by atoms with Gasteiger partial charge in [0.1, 0.15) is 5.75 Å². The van der Waals surface area contributed by atoms with Gasteiger partial charge in [-0.3, -0.25) is 4.79 Å². The number of carbonyl (C=O) groups is 1. The van der Waals surface area contributed by atoms with E-state index in [1.54, 1.807) is 12.1 Å². The molecule has 1 aromatic carbocycles. The second kappa shape index (κ2) is 6.72. The number of ether oxygens (including phenoxy) is 2. The number of esters is 1. The summed E-state index contributed by atoms with van der Waals surface area (Å²) in [7, 11) is 1.36. The van der Waals surface area contributed by atoms with Gasteiger partial charge in [-0.05, 0) is 31.0 Å². The quantitative estimate of drug-likeness (QED) is 0.773. The van der Waals surface area contributed by atoms with Crippen molar-refractivity contribution in [1.82, 2.24) is 0 Å². The van der Waals surface area contributed by atoms with E-state index < -0.39 is 0 Å². The highest BCUT2D eigenvalue weighted by atomic mass is 35.5. The first-order valence-corrected chi connectivity index (χ1v) is 6.01. The van der Waals surface area contributed by atoms with Crippen molar-refractivity contribution >= 4 is 29.2 Å². The highest BCUT2D eigenvalue weighted by Crippen LogP contribution is 2.33. The van der Waals surface area contributed by atoms with Crippen LogP contribution in [0.25, 0.3) is 0 Å². The molecule has 0 aliphatic heterocycles. The van der Waals surface area contributed by atoms with Crippen molar-refractivity contribution < 1.29 is 14.3 Å². The Morgan fingerprint density at radius 2 is 2.06 bits per heavy atom. The summed E-state index contributed by atoms with van der Waals surface area (Å²) in [4.78, 5) is 11.1. The Morgan fingerprint density at radius 3 is 2.65 bits per heavy atom. The van der Waals surface area contributed by atoms with Gasteiger partial charge < -0.3 is 9.47 Å². The van der Waals surface area contributed by atoms with Crippen LogP contribution in [-0.4, -0.2) is 19.7 Å². The normalized spacial score (nSPS) is 10.1. The summed E-state index contributed by atoms with van der Waals surface area (Å²) in [5.74, 6) is 0.311. The zero-order chi connectivity index (χ0) is 12.8. The van der Waals surface area contributed by atoms with E-state index in [4.69, 9.17) is 27.9 Å². The fourth-order valence-electron chi connectivity index (χ4n) is 1.44. The van der Waals surface area contributed by atoms with E-state index in [9.17, 15) is 4.79 Å². The van der Waals surface area contributed by atoms with Crippen LogP contribution in [0.1, 0.15) is 18.9 Å². The van der Waals surface area contributed by atoms with Gasteiger partial charge >= 0.3 is 5.97 Å². The molecule has 0 heterocycles. The number of methoxy groups -OCH3 is 1. The largest absolute Gasteiger partial charge is 0.492 e. The van der Waals surface area contributed by atoms with Crippen LogP contribution in [0.15, 0.2) is 12.1 Å². The Kier molecular flexibility index (Phi) is 5.59. The smallest absolute Gasteiger partial charge is 0.305 e. The van der Waals surface area contributed by atoms with Gasteiger partial charge in [0.15, 0.2) is 0 Å². The van der Waals surface area contributed by atoms with Crippen LogP contribution in [-0.2, 0) is 16.0 Å². The highest BCUT2D eigenvalue weighted by molar-refractivity contribution is 6.35. The first-order chi connectivity index (χ1) is 8.08. The van der Waals surface area contributed by atoms with E-state index in [0.717, 1.165) is 5.56 Å². The van der Waals surface area contributed by atoms with E-state index >= 15 is 0 Å². The van der Waals surface area contributed by atoms with Gasteiger partial charge in [0.2, 0.25) is 0 Å². The van der Waals surface area contributed by atoms with E-state index in [1.165, 1.54) is 7.11 Å². The number of rotatable bonds is 5. The Balaban J connectivity index is 2.91. The lowest BCUT2D eigenvalue weighted by molar-refractivity contribution is -0.140. The van der Waals surface area contributed by atoms with Gasteiger partial charge in [-0.2, -0.15) is 0 Å². The number of hydrogen-bond donors (Lipinski definition) is 0. The van der Waals surface area contributed by atoms with Crippen molar-refractivity contribution in [3.05, 3.63) is 27.7 Å². The molecule has 0 unspecified atom stereocenters. The second-order valence-corrected chi connectivity index (χ2v) is 4.23. The molecule has 0 spiro atoms. The standard InChI is InChI=1S/C12H14Cl2O3/c1-3-17-12-8(4-5-11(15)16-2)6-9(13)7-10(12)14/h6-7H,3-5H2,1-2H3. The molecule has 3 nitrogen and oxygen atoms in total. The fourth-order valence-corrected chi connectivity index (χ4v) is 2.03. The van der Waals surface area contributed by atoms with E-state index in [-0.39, 0.29) is 12.4 Å². The molecule has 1 rings (SSSR count). The molecule has 0 atom stereocenters. The lowest BCUT2D eigenvalue weighted by atomic mass is 10.1. The Hall–Kier alpha value is -0.930. The molecule has 0 N–H and O–H groups in total. The first-order valence-electron chi connectivity index (χ1n) is 5.26. The maximum Gasteiger partial charge on any atom is 0.305 e. The predicted molar refractivity (Wildman–Crippen MR) is 68.0 cm³/mol. The summed E-state index contributed by atoms with van der Waals surface area (Å²) >= 11 is 12.0. The molecule has 0 aromatic heterocycles. The third-order valence-corrected chi connectivity index (χ3v) is 2.70. The van der Waals surface area contributed by atoms with Gasteiger partial charge in [-0.15, -0.1) is 0 Å². The Morgan fingerprint density at radius 1 is 1.35 bits per heavy atom. The summed E-state index contributed by atoms with van der Waals surface area (Å²) in [5, 5.41) is 0.984. The zero-order valence-electron chi connectivity index (χ0n) is 9.76. The van der Waals surface area contributed by atoms with Crippen LogP contribution in [0.3, 0.4) is 0 Å². The fraction of sp³-hybridized carbons (Fsp3) is 0.417. The van der Waals surface area contributed by atoms with Crippen molar-refractivity contribution in [2.75, 3.05) is 13.7 Å². The van der Waals surface area contributed by atoms with Crippen molar-refractivity contribution in [2.24, 2.45) is 0 Å². The van der Waals surface area contributed by atoms with Gasteiger partial charge in [-0.1, -0.05) is 23.2 Å². The summed E-state index contributed by atoms with van der Waals surface area (Å²) in [6, 6.07) is 3.37. The Bertz CT molecular complexity index is 405. The average Bonchev–Trinajstić information content (AvgIpc) is 2.29. The number of carbonyl (C=O) groups excluding carboxylic acids is 1. The van der Waals surface area contributed by atoms with Gasteiger partial charge in [0.25, 0.3) is 0 Å². The van der Waals surface area contributed by atoms with Crippen LogP contribution < -0.4 is 4.74 Å². The minimum absolute atomic E-state index is 0.271. The predicted octanol–water partition coefficient (Wildman–Crippen LogP) is 3.50. The molecule has 17 heavy (non-hydrogen) atoms. The molecule has 0 aliphatic rings. The van der Waals surface area contributed by atoms with Crippen molar-refractivity contribution in [1.29, 1.82) is 0 Å². The summed E-state index contributed by atoms with van der Waals surface area (Å²) in [6.07, 6.45) is 0.759. The number of halogens is 2. The number of hydrogen-bond acceptors (Lipinski definition) is 3. The lowest BCUT2D eigenvalue weighted by Crippen LogP contribution is -2.04. The molecule has 0 saturated heterocycles. The molecule has 0 amide bonds. The Labute approximate surface area is 111 Å². The summed E-state index contributed by atoms with van der Waals surface area (Å²) in [5.41, 5.74) is 0.815. The number of benzene rings is 1. The minimum Gasteiger partial charge on any atom is -0.492 e. The van der Waals surface area contributed by atoms with Crippen LogP contribution in [0.2, 0.25) is 10.0 Å². The molecule has 0 aliphatic carbocycles.